The van der Waals surface area contributed by atoms with E-state index in [9.17, 15) is 17.6 Å². The van der Waals surface area contributed by atoms with Gasteiger partial charge in [0.1, 0.15) is 5.82 Å². The van der Waals surface area contributed by atoms with Crippen LogP contribution < -0.4 is 10.2 Å². The first kappa shape index (κ1) is 22.2. The molecule has 1 amide bonds. The van der Waals surface area contributed by atoms with Crippen molar-refractivity contribution < 1.29 is 17.6 Å². The highest BCUT2D eigenvalue weighted by molar-refractivity contribution is 7.91. The van der Waals surface area contributed by atoms with Crippen LogP contribution in [0.2, 0.25) is 0 Å². The van der Waals surface area contributed by atoms with E-state index in [2.05, 4.69) is 15.1 Å². The summed E-state index contributed by atoms with van der Waals surface area (Å²) in [5.41, 5.74) is 0.979. The maximum atomic E-state index is 13.1. The molecule has 1 atom stereocenters. The number of carbonyl (C=O) groups is 1. The Morgan fingerprint density at radius 2 is 1.67 bits per heavy atom. The SMILES string of the molecule is CC(C(=O)NCCCS(=O)(=O)c1ccccc1)N1CCN(c2ccc(F)cc2)CC1. The monoisotopic (exact) mass is 433 g/mol. The quantitative estimate of drug-likeness (QED) is 0.647. The van der Waals surface area contributed by atoms with Gasteiger partial charge in [0, 0.05) is 38.4 Å². The standard InChI is InChI=1S/C22H28FN3O3S/c1-18(25-13-15-26(16-14-25)20-10-8-19(23)9-11-20)22(27)24-12-5-17-30(28,29)21-6-3-2-4-7-21/h2-4,6-11,18H,5,12-17H2,1H3,(H,24,27). The minimum atomic E-state index is -3.32. The Bertz CT molecular complexity index is 928. The van der Waals surface area contributed by atoms with E-state index in [1.54, 1.807) is 42.5 Å². The Labute approximate surface area is 177 Å². The highest BCUT2D eigenvalue weighted by atomic mass is 32.2. The zero-order valence-corrected chi connectivity index (χ0v) is 17.9. The summed E-state index contributed by atoms with van der Waals surface area (Å²) in [7, 11) is -3.32. The van der Waals surface area contributed by atoms with Crippen molar-refractivity contribution in [3.8, 4) is 0 Å². The summed E-state index contributed by atoms with van der Waals surface area (Å²) >= 11 is 0. The highest BCUT2D eigenvalue weighted by Crippen LogP contribution is 2.18. The van der Waals surface area contributed by atoms with Crippen LogP contribution >= 0.6 is 0 Å². The predicted molar refractivity (Wildman–Crippen MR) is 116 cm³/mol. The molecule has 1 N–H and O–H groups in total. The lowest BCUT2D eigenvalue weighted by molar-refractivity contribution is -0.126. The van der Waals surface area contributed by atoms with Crippen molar-refractivity contribution in [2.45, 2.75) is 24.3 Å². The van der Waals surface area contributed by atoms with Gasteiger partial charge in [-0.25, -0.2) is 12.8 Å². The van der Waals surface area contributed by atoms with Gasteiger partial charge >= 0.3 is 0 Å². The number of piperazine rings is 1. The van der Waals surface area contributed by atoms with Crippen LogP contribution in [0.3, 0.4) is 0 Å². The Balaban J connectivity index is 1.40. The lowest BCUT2D eigenvalue weighted by Gasteiger charge is -2.38. The molecular formula is C22H28FN3O3S. The van der Waals surface area contributed by atoms with Crippen molar-refractivity contribution in [2.24, 2.45) is 0 Å². The molecule has 1 saturated heterocycles. The fourth-order valence-corrected chi connectivity index (χ4v) is 4.88. The molecule has 6 nitrogen and oxygen atoms in total. The molecule has 2 aromatic carbocycles. The van der Waals surface area contributed by atoms with E-state index in [0.29, 0.717) is 17.9 Å². The number of hydrogen-bond donors (Lipinski definition) is 1. The van der Waals surface area contributed by atoms with Crippen LogP contribution in [0.1, 0.15) is 13.3 Å². The van der Waals surface area contributed by atoms with E-state index in [1.807, 2.05) is 6.92 Å². The molecule has 1 fully saturated rings. The summed E-state index contributed by atoms with van der Waals surface area (Å²) in [6, 6.07) is 14.5. The molecule has 2 aromatic rings. The molecule has 0 bridgehead atoms. The number of sulfone groups is 1. The topological polar surface area (TPSA) is 69.7 Å². The van der Waals surface area contributed by atoms with Gasteiger partial charge in [-0.05, 0) is 49.7 Å². The van der Waals surface area contributed by atoms with Crippen molar-refractivity contribution in [1.29, 1.82) is 0 Å². The van der Waals surface area contributed by atoms with E-state index >= 15 is 0 Å². The zero-order chi connectivity index (χ0) is 21.6. The smallest absolute Gasteiger partial charge is 0.237 e. The summed E-state index contributed by atoms with van der Waals surface area (Å²) in [4.78, 5) is 17.1. The molecule has 8 heteroatoms. The van der Waals surface area contributed by atoms with Crippen LogP contribution in [0.5, 0.6) is 0 Å². The Kier molecular flexibility index (Phi) is 7.44. The molecule has 0 saturated carbocycles. The van der Waals surface area contributed by atoms with E-state index in [0.717, 1.165) is 31.9 Å². The first-order chi connectivity index (χ1) is 14.4. The minimum Gasteiger partial charge on any atom is -0.369 e. The second kappa shape index (κ2) is 10.0. The lowest BCUT2D eigenvalue weighted by atomic mass is 10.2. The Morgan fingerprint density at radius 3 is 2.30 bits per heavy atom. The van der Waals surface area contributed by atoms with Gasteiger partial charge in [-0.15, -0.1) is 0 Å². The van der Waals surface area contributed by atoms with Gasteiger partial charge in [-0.3, -0.25) is 9.69 Å². The number of halogens is 1. The first-order valence-electron chi connectivity index (χ1n) is 10.2. The van der Waals surface area contributed by atoms with E-state index in [-0.39, 0.29) is 23.5 Å². The molecule has 1 aliphatic heterocycles. The lowest BCUT2D eigenvalue weighted by Crippen LogP contribution is -2.54. The van der Waals surface area contributed by atoms with Crippen LogP contribution in [0.15, 0.2) is 59.5 Å². The molecular weight excluding hydrogens is 405 g/mol. The highest BCUT2D eigenvalue weighted by Gasteiger charge is 2.25. The molecule has 0 spiro atoms. The number of hydrogen-bond acceptors (Lipinski definition) is 5. The molecule has 3 rings (SSSR count). The van der Waals surface area contributed by atoms with Crippen LogP contribution in [0.4, 0.5) is 10.1 Å². The number of rotatable bonds is 8. The number of nitrogens with zero attached hydrogens (tertiary/aromatic N) is 2. The molecule has 0 aromatic heterocycles. The van der Waals surface area contributed by atoms with Crippen LogP contribution in [-0.2, 0) is 14.6 Å². The summed E-state index contributed by atoms with van der Waals surface area (Å²) in [6.07, 6.45) is 0.369. The fourth-order valence-electron chi connectivity index (χ4n) is 3.55. The van der Waals surface area contributed by atoms with Gasteiger partial charge in [0.15, 0.2) is 9.84 Å². The third-order valence-corrected chi connectivity index (χ3v) is 7.24. The minimum absolute atomic E-state index is 0.00200. The van der Waals surface area contributed by atoms with Gasteiger partial charge < -0.3 is 10.2 Å². The maximum absolute atomic E-state index is 13.1. The molecule has 0 radical (unpaired) electrons. The molecule has 1 heterocycles. The van der Waals surface area contributed by atoms with Gasteiger partial charge in [0.2, 0.25) is 5.91 Å². The number of nitrogens with one attached hydrogen (secondary N) is 1. The molecule has 0 aliphatic carbocycles. The molecule has 1 aliphatic rings. The average molecular weight is 434 g/mol. The van der Waals surface area contributed by atoms with Crippen molar-refractivity contribution in [3.63, 3.8) is 0 Å². The van der Waals surface area contributed by atoms with Crippen LogP contribution in [-0.4, -0.2) is 63.7 Å². The third kappa shape index (κ3) is 5.79. The van der Waals surface area contributed by atoms with Gasteiger partial charge in [0.05, 0.1) is 16.7 Å². The normalized spacial score (nSPS) is 16.3. The number of benzene rings is 2. The third-order valence-electron chi connectivity index (χ3n) is 5.42. The number of carbonyl (C=O) groups excluding carboxylic acids is 1. The van der Waals surface area contributed by atoms with E-state index in [4.69, 9.17) is 0 Å². The first-order valence-corrected chi connectivity index (χ1v) is 11.8. The van der Waals surface area contributed by atoms with Gasteiger partial charge in [-0.2, -0.15) is 0 Å². The summed E-state index contributed by atoms with van der Waals surface area (Å²) in [6.45, 7) is 5.17. The van der Waals surface area contributed by atoms with E-state index in [1.165, 1.54) is 12.1 Å². The molecule has 1 unspecified atom stereocenters. The number of anilines is 1. The summed E-state index contributed by atoms with van der Waals surface area (Å²) in [5.74, 6) is -0.344. The van der Waals surface area contributed by atoms with Crippen molar-refractivity contribution in [2.75, 3.05) is 43.4 Å². The van der Waals surface area contributed by atoms with Gasteiger partial charge in [-0.1, -0.05) is 18.2 Å². The Morgan fingerprint density at radius 1 is 1.03 bits per heavy atom. The Hall–Kier alpha value is -2.45. The van der Waals surface area contributed by atoms with E-state index < -0.39 is 9.84 Å². The largest absolute Gasteiger partial charge is 0.369 e. The van der Waals surface area contributed by atoms with Crippen LogP contribution in [0.25, 0.3) is 0 Å². The number of amides is 1. The second-order valence-electron chi connectivity index (χ2n) is 7.45. The summed E-state index contributed by atoms with van der Waals surface area (Å²) < 4.78 is 37.6. The van der Waals surface area contributed by atoms with Crippen LogP contribution in [0, 0.1) is 5.82 Å². The van der Waals surface area contributed by atoms with Gasteiger partial charge in [0.25, 0.3) is 0 Å². The van der Waals surface area contributed by atoms with Crippen molar-refractivity contribution in [3.05, 3.63) is 60.4 Å². The average Bonchev–Trinajstić information content (AvgIpc) is 2.77. The summed E-state index contributed by atoms with van der Waals surface area (Å²) in [5, 5.41) is 2.85. The maximum Gasteiger partial charge on any atom is 0.237 e. The molecule has 30 heavy (non-hydrogen) atoms. The predicted octanol–water partition coefficient (Wildman–Crippen LogP) is 2.32. The van der Waals surface area contributed by atoms with Crippen molar-refractivity contribution >= 4 is 21.4 Å². The second-order valence-corrected chi connectivity index (χ2v) is 9.56. The fraction of sp³-hybridized carbons (Fsp3) is 0.409. The molecule has 162 valence electrons. The van der Waals surface area contributed by atoms with Crippen molar-refractivity contribution in [1.82, 2.24) is 10.2 Å². The zero-order valence-electron chi connectivity index (χ0n) is 17.1.